The molecule has 0 rings (SSSR count). The summed E-state index contributed by atoms with van der Waals surface area (Å²) >= 11 is -1.08. The van der Waals surface area contributed by atoms with Crippen molar-refractivity contribution >= 4 is 75.9 Å². The zero-order valence-electron chi connectivity index (χ0n) is 4.26. The van der Waals surface area contributed by atoms with Gasteiger partial charge in [0, 0.05) is 29.6 Å². The summed E-state index contributed by atoms with van der Waals surface area (Å²) in [6.45, 7) is 0. The summed E-state index contributed by atoms with van der Waals surface area (Å²) in [6, 6.07) is 0. The van der Waals surface area contributed by atoms with Crippen LogP contribution in [0.1, 0.15) is 0 Å². The molecule has 30 valence electrons. The fourth-order valence-corrected chi connectivity index (χ4v) is 0. The van der Waals surface area contributed by atoms with E-state index in [-0.39, 0.29) is 64.3 Å². The molecule has 0 aliphatic rings. The van der Waals surface area contributed by atoms with Crippen LogP contribution in [0.3, 0.4) is 0 Å². The van der Waals surface area contributed by atoms with Crippen LogP contribution in [-0.2, 0) is 20.0 Å². The summed E-state index contributed by atoms with van der Waals surface area (Å²) in [4.78, 5) is 0. The maximum absolute atomic E-state index is 8.35. The predicted molar refractivity (Wildman–Crippen MR) is 33.0 cm³/mol. The Bertz CT molecular complexity index is 32.5. The molecule has 0 bridgehead atoms. The molecule has 0 aromatic carbocycles. The van der Waals surface area contributed by atoms with Crippen LogP contribution in [-0.4, -0.2) is 64.3 Å². The standard InChI is InChI=1S/2Al.Na.HO2S.4H/c;;;1-3-2;;;;/h;;;3H;;;;/q;+1;;-1;;;;. The Morgan fingerprint density at radius 3 is 1.17 bits per heavy atom. The van der Waals surface area contributed by atoms with E-state index in [9.17, 15) is 0 Å². The summed E-state index contributed by atoms with van der Waals surface area (Å²) < 4.78 is 16.7. The van der Waals surface area contributed by atoms with Gasteiger partial charge < -0.3 is 8.42 Å². The topological polar surface area (TPSA) is 34.1 Å². The van der Waals surface area contributed by atoms with Gasteiger partial charge in [0.15, 0.2) is 0 Å². The Balaban J connectivity index is -0.00000000667. The van der Waals surface area contributed by atoms with E-state index in [1.165, 1.54) is 0 Å². The van der Waals surface area contributed by atoms with Crippen LogP contribution in [0.5, 0.6) is 0 Å². The normalized spacial score (nSPS) is 2.67. The van der Waals surface area contributed by atoms with Crippen molar-refractivity contribution in [3.05, 3.63) is 0 Å². The number of hydrogen-bond acceptors (Lipinski definition) is 3. The van der Waals surface area contributed by atoms with E-state index in [1.54, 1.807) is 0 Å². The molecule has 0 aromatic heterocycles. The van der Waals surface area contributed by atoms with Gasteiger partial charge in [-0.2, -0.15) is 0 Å². The third kappa shape index (κ3) is 37.3. The Hall–Kier alpha value is 2.01. The second kappa shape index (κ2) is 27.9. The maximum atomic E-state index is 8.35. The van der Waals surface area contributed by atoms with Crippen molar-refractivity contribution < 1.29 is 8.42 Å². The second-order valence-electron chi connectivity index (χ2n) is 0.0745. The van der Waals surface area contributed by atoms with Crippen molar-refractivity contribution in [1.82, 2.24) is 0 Å². The molecule has 0 amide bonds. The monoisotopic (exact) mass is 146 g/mol. The molecule has 2 radical (unpaired) electrons. The van der Waals surface area contributed by atoms with E-state index in [1.807, 2.05) is 0 Å². The molecule has 0 N–H and O–H groups in total. The smallest absolute Gasteiger partial charge is 0 e. The predicted octanol–water partition coefficient (Wildman–Crippen LogP) is -2.72. The molecule has 0 saturated heterocycles. The first-order valence-electron chi connectivity index (χ1n) is 0.365. The van der Waals surface area contributed by atoms with E-state index in [4.69, 9.17) is 8.42 Å². The van der Waals surface area contributed by atoms with Crippen molar-refractivity contribution in [3.63, 3.8) is 0 Å². The first-order valence-corrected chi connectivity index (χ1v) is 1.10. The number of hydrogen-bond donors (Lipinski definition) is 0. The third-order valence-electron chi connectivity index (χ3n) is 0. The minimum atomic E-state index is -1.08. The molecule has 0 fully saturated rings. The summed E-state index contributed by atoms with van der Waals surface area (Å²) in [7, 11) is 0. The molecule has 0 spiro atoms. The van der Waals surface area contributed by atoms with Gasteiger partial charge in [-0.05, 0) is 0 Å². The molecule has 0 saturated carbocycles. The van der Waals surface area contributed by atoms with Crippen molar-refractivity contribution in [3.8, 4) is 0 Å². The molecule has 0 aliphatic carbocycles. The first kappa shape index (κ1) is 24.5. The van der Waals surface area contributed by atoms with E-state index in [0.717, 1.165) is 0 Å². The van der Waals surface area contributed by atoms with E-state index >= 15 is 0 Å². The molecular formula is H5Al2NaO2S. The van der Waals surface area contributed by atoms with Gasteiger partial charge in [-0.25, -0.2) is 0 Å². The third-order valence-corrected chi connectivity index (χ3v) is 0. The van der Waals surface area contributed by atoms with Crippen molar-refractivity contribution in [1.29, 1.82) is 0 Å². The molecule has 6 heavy (non-hydrogen) atoms. The second-order valence-corrected chi connectivity index (χ2v) is 0.224. The van der Waals surface area contributed by atoms with Gasteiger partial charge in [0.25, 0.3) is 0 Å². The molecule has 0 aliphatic heterocycles. The average Bonchev–Trinajstić information content (AvgIpc) is 0.918. The minimum Gasteiger partial charge on any atom is 0 e. The van der Waals surface area contributed by atoms with Crippen LogP contribution in [0.15, 0.2) is 0 Å². The van der Waals surface area contributed by atoms with E-state index < -0.39 is 11.6 Å². The Morgan fingerprint density at radius 2 is 1.17 bits per heavy atom. The Labute approximate surface area is 83.2 Å². The van der Waals surface area contributed by atoms with E-state index in [0.29, 0.717) is 0 Å². The van der Waals surface area contributed by atoms with Crippen LogP contribution in [0, 0.1) is 0 Å². The Morgan fingerprint density at radius 1 is 1.17 bits per heavy atom. The zero-order valence-corrected chi connectivity index (χ0v) is 11.2. The van der Waals surface area contributed by atoms with Crippen molar-refractivity contribution in [2.45, 2.75) is 0 Å². The summed E-state index contributed by atoms with van der Waals surface area (Å²) in [5, 5.41) is 0. The largest absolute Gasteiger partial charge is 0.146 e. The zero-order chi connectivity index (χ0) is 2.71. The van der Waals surface area contributed by atoms with Crippen LogP contribution >= 0.6 is 0 Å². The molecular weight excluding hydrogens is 141 g/mol. The number of rotatable bonds is 0. The Kier molecular flexibility index (Phi) is 114. The summed E-state index contributed by atoms with van der Waals surface area (Å²) in [6.07, 6.45) is 0. The average molecular weight is 146 g/mol. The quantitative estimate of drug-likeness (QED) is 0.211. The van der Waals surface area contributed by atoms with Crippen LogP contribution in [0.4, 0.5) is 0 Å². The van der Waals surface area contributed by atoms with Gasteiger partial charge in [0.2, 0.25) is 0 Å². The molecule has 0 heterocycles. The fraction of sp³-hybridized carbons (Fsp3) is 0. The van der Waals surface area contributed by atoms with Gasteiger partial charge >= 0.3 is 17.4 Å². The van der Waals surface area contributed by atoms with Gasteiger partial charge in [-0.3, -0.25) is 0 Å². The van der Waals surface area contributed by atoms with Crippen LogP contribution in [0.2, 0.25) is 0 Å². The van der Waals surface area contributed by atoms with E-state index in [2.05, 4.69) is 0 Å². The number of thiol groups is 1. The molecule has 0 unspecified atom stereocenters. The summed E-state index contributed by atoms with van der Waals surface area (Å²) in [5.41, 5.74) is 0. The van der Waals surface area contributed by atoms with Gasteiger partial charge in [-0.1, -0.05) is 11.6 Å². The molecule has 0 aromatic rings. The van der Waals surface area contributed by atoms with Gasteiger partial charge in [0.05, 0.1) is 0 Å². The molecule has 2 nitrogen and oxygen atoms in total. The fourth-order valence-electron chi connectivity index (χ4n) is 0. The van der Waals surface area contributed by atoms with Gasteiger partial charge in [-0.15, -0.1) is 0 Å². The van der Waals surface area contributed by atoms with Crippen molar-refractivity contribution in [2.24, 2.45) is 0 Å². The van der Waals surface area contributed by atoms with Gasteiger partial charge in [0.1, 0.15) is 17.4 Å². The molecule has 6 heteroatoms. The SMILES string of the molecule is O=[SH-]=O.[AlH2+].[AlH2].[Na]. The first-order chi connectivity index (χ1) is 1.41. The van der Waals surface area contributed by atoms with Crippen LogP contribution in [0.25, 0.3) is 0 Å². The van der Waals surface area contributed by atoms with Crippen molar-refractivity contribution in [2.75, 3.05) is 0 Å². The minimum absolute atomic E-state index is 0. The maximum Gasteiger partial charge on any atom is 0.146 e. The molecule has 0 atom stereocenters. The summed E-state index contributed by atoms with van der Waals surface area (Å²) in [5.74, 6) is 0. The van der Waals surface area contributed by atoms with Crippen LogP contribution < -0.4 is 0 Å².